The monoisotopic (exact) mass is 441 g/mol. The van der Waals surface area contributed by atoms with Crippen molar-refractivity contribution in [1.29, 1.82) is 0 Å². The average molecular weight is 442 g/mol. The number of benzene rings is 2. The van der Waals surface area contributed by atoms with E-state index in [2.05, 4.69) is 11.6 Å². The second kappa shape index (κ2) is 8.80. The van der Waals surface area contributed by atoms with Gasteiger partial charge < -0.3 is 9.80 Å². The van der Waals surface area contributed by atoms with Gasteiger partial charge in [-0.25, -0.2) is 13.1 Å². The standard InChI is InChI=1S/C23H27N3O4S/c1-2-17-6-8-18(9-7-17)22(27)25-12-14-26(15-13-25)23(28)19-4-3-5-21(16-19)31(29,30)24-20-10-11-20/h3-9,16,20,24H,2,10-15H2,1H3. The molecule has 2 aromatic carbocycles. The number of nitrogens with zero attached hydrogens (tertiary/aromatic N) is 2. The molecular formula is C23H27N3O4S. The molecule has 0 unspecified atom stereocenters. The minimum Gasteiger partial charge on any atom is -0.335 e. The van der Waals surface area contributed by atoms with Crippen LogP contribution in [0.1, 0.15) is 46.0 Å². The summed E-state index contributed by atoms with van der Waals surface area (Å²) < 4.78 is 27.5. The lowest BCUT2D eigenvalue weighted by atomic mass is 10.1. The van der Waals surface area contributed by atoms with Crippen LogP contribution in [0.15, 0.2) is 53.4 Å². The fourth-order valence-electron chi connectivity index (χ4n) is 3.65. The summed E-state index contributed by atoms with van der Waals surface area (Å²) in [5.41, 5.74) is 2.18. The topological polar surface area (TPSA) is 86.8 Å². The van der Waals surface area contributed by atoms with Crippen molar-refractivity contribution in [1.82, 2.24) is 14.5 Å². The molecule has 1 aliphatic carbocycles. The van der Waals surface area contributed by atoms with Crippen LogP contribution >= 0.6 is 0 Å². The van der Waals surface area contributed by atoms with Gasteiger partial charge in [0, 0.05) is 43.3 Å². The molecule has 4 rings (SSSR count). The number of carbonyl (C=O) groups excluding carboxylic acids is 2. The molecule has 1 saturated carbocycles. The third-order valence-corrected chi connectivity index (χ3v) is 7.27. The summed E-state index contributed by atoms with van der Waals surface area (Å²) in [4.78, 5) is 29.2. The molecule has 1 saturated heterocycles. The summed E-state index contributed by atoms with van der Waals surface area (Å²) in [5.74, 6) is -0.253. The number of carbonyl (C=O) groups is 2. The van der Waals surface area contributed by atoms with Crippen molar-refractivity contribution >= 4 is 21.8 Å². The molecular weight excluding hydrogens is 414 g/mol. The van der Waals surface area contributed by atoms with E-state index in [1.165, 1.54) is 17.7 Å². The molecule has 1 aliphatic heterocycles. The van der Waals surface area contributed by atoms with E-state index in [-0.39, 0.29) is 22.8 Å². The van der Waals surface area contributed by atoms with E-state index in [1.54, 1.807) is 21.9 Å². The van der Waals surface area contributed by atoms with Crippen molar-refractivity contribution in [2.45, 2.75) is 37.1 Å². The molecule has 31 heavy (non-hydrogen) atoms. The van der Waals surface area contributed by atoms with Crippen LogP contribution in [0.2, 0.25) is 0 Å². The van der Waals surface area contributed by atoms with Crippen LogP contribution in [0.5, 0.6) is 0 Å². The second-order valence-electron chi connectivity index (χ2n) is 8.06. The lowest BCUT2D eigenvalue weighted by molar-refractivity contribution is 0.0535. The molecule has 2 amide bonds. The van der Waals surface area contributed by atoms with Gasteiger partial charge in [-0.15, -0.1) is 0 Å². The zero-order valence-electron chi connectivity index (χ0n) is 17.6. The van der Waals surface area contributed by atoms with Crippen LogP contribution in [0.3, 0.4) is 0 Å². The van der Waals surface area contributed by atoms with Gasteiger partial charge in [0.15, 0.2) is 0 Å². The maximum absolute atomic E-state index is 12.9. The fourth-order valence-corrected chi connectivity index (χ4v) is 5.00. The Morgan fingerprint density at radius 3 is 2.03 bits per heavy atom. The van der Waals surface area contributed by atoms with Gasteiger partial charge in [0.25, 0.3) is 11.8 Å². The number of piperazine rings is 1. The number of nitrogens with one attached hydrogen (secondary N) is 1. The van der Waals surface area contributed by atoms with Gasteiger partial charge in [0.2, 0.25) is 10.0 Å². The van der Waals surface area contributed by atoms with Crippen molar-refractivity contribution in [3.8, 4) is 0 Å². The lowest BCUT2D eigenvalue weighted by Gasteiger charge is -2.35. The fraction of sp³-hybridized carbons (Fsp3) is 0.391. The average Bonchev–Trinajstić information content (AvgIpc) is 3.61. The molecule has 8 heteroatoms. The Hall–Kier alpha value is -2.71. The van der Waals surface area contributed by atoms with E-state index in [0.717, 1.165) is 19.3 Å². The molecule has 0 bridgehead atoms. The first kappa shape index (κ1) is 21.5. The Kier molecular flexibility index (Phi) is 6.11. The number of aryl methyl sites for hydroxylation is 1. The van der Waals surface area contributed by atoms with Gasteiger partial charge in [-0.3, -0.25) is 9.59 Å². The predicted octanol–water partition coefficient (Wildman–Crippen LogP) is 2.29. The SMILES string of the molecule is CCc1ccc(C(=O)N2CCN(C(=O)c3cccc(S(=O)(=O)NC4CC4)c3)CC2)cc1. The summed E-state index contributed by atoms with van der Waals surface area (Å²) in [6, 6.07) is 13.8. The molecule has 2 aliphatic rings. The van der Waals surface area contributed by atoms with Crippen LogP contribution in [0.4, 0.5) is 0 Å². The van der Waals surface area contributed by atoms with Gasteiger partial charge >= 0.3 is 0 Å². The Morgan fingerprint density at radius 1 is 0.903 bits per heavy atom. The summed E-state index contributed by atoms with van der Waals surface area (Å²) in [6.45, 7) is 3.79. The highest BCUT2D eigenvalue weighted by molar-refractivity contribution is 7.89. The zero-order chi connectivity index (χ0) is 22.0. The van der Waals surface area contributed by atoms with Crippen LogP contribution in [0.25, 0.3) is 0 Å². The van der Waals surface area contributed by atoms with E-state index in [0.29, 0.717) is 37.3 Å². The maximum Gasteiger partial charge on any atom is 0.254 e. The number of amides is 2. The van der Waals surface area contributed by atoms with Crippen LogP contribution in [0, 0.1) is 0 Å². The van der Waals surface area contributed by atoms with Crippen LogP contribution in [-0.4, -0.2) is 62.3 Å². The third-order valence-electron chi connectivity index (χ3n) is 5.75. The van der Waals surface area contributed by atoms with Gasteiger partial charge in [0.1, 0.15) is 0 Å². The number of hydrogen-bond donors (Lipinski definition) is 1. The van der Waals surface area contributed by atoms with Gasteiger partial charge in [-0.05, 0) is 55.2 Å². The van der Waals surface area contributed by atoms with Gasteiger partial charge in [0.05, 0.1) is 4.90 Å². The van der Waals surface area contributed by atoms with Gasteiger partial charge in [-0.2, -0.15) is 0 Å². The van der Waals surface area contributed by atoms with Crippen molar-refractivity contribution in [2.75, 3.05) is 26.2 Å². The molecule has 1 heterocycles. The Morgan fingerprint density at radius 2 is 1.48 bits per heavy atom. The first-order valence-corrected chi connectivity index (χ1v) is 12.2. The molecule has 0 radical (unpaired) electrons. The molecule has 164 valence electrons. The Balaban J connectivity index is 1.39. The third kappa shape index (κ3) is 4.97. The normalized spacial score (nSPS) is 16.9. The summed E-state index contributed by atoms with van der Waals surface area (Å²) in [6.07, 6.45) is 2.63. The lowest BCUT2D eigenvalue weighted by Crippen LogP contribution is -2.50. The minimum atomic E-state index is -3.61. The van der Waals surface area contributed by atoms with Crippen molar-refractivity contribution < 1.29 is 18.0 Å². The molecule has 0 aromatic heterocycles. The first-order valence-electron chi connectivity index (χ1n) is 10.7. The van der Waals surface area contributed by atoms with E-state index in [1.807, 2.05) is 24.3 Å². The largest absolute Gasteiger partial charge is 0.335 e. The molecule has 0 atom stereocenters. The number of hydrogen-bond acceptors (Lipinski definition) is 4. The van der Waals surface area contributed by atoms with E-state index >= 15 is 0 Å². The van der Waals surface area contributed by atoms with Crippen molar-refractivity contribution in [2.24, 2.45) is 0 Å². The second-order valence-corrected chi connectivity index (χ2v) is 9.77. The Labute approximate surface area is 183 Å². The van der Waals surface area contributed by atoms with E-state index in [9.17, 15) is 18.0 Å². The highest BCUT2D eigenvalue weighted by Crippen LogP contribution is 2.23. The van der Waals surface area contributed by atoms with E-state index < -0.39 is 10.0 Å². The maximum atomic E-state index is 12.9. The highest BCUT2D eigenvalue weighted by Gasteiger charge is 2.29. The van der Waals surface area contributed by atoms with E-state index in [4.69, 9.17) is 0 Å². The van der Waals surface area contributed by atoms with Crippen LogP contribution < -0.4 is 4.72 Å². The molecule has 7 nitrogen and oxygen atoms in total. The van der Waals surface area contributed by atoms with Crippen LogP contribution in [-0.2, 0) is 16.4 Å². The number of sulfonamides is 1. The van der Waals surface area contributed by atoms with Crippen molar-refractivity contribution in [3.63, 3.8) is 0 Å². The minimum absolute atomic E-state index is 0.00754. The summed E-state index contributed by atoms with van der Waals surface area (Å²) >= 11 is 0. The Bertz CT molecular complexity index is 1070. The zero-order valence-corrected chi connectivity index (χ0v) is 18.4. The molecule has 0 spiro atoms. The highest BCUT2D eigenvalue weighted by atomic mass is 32.2. The summed E-state index contributed by atoms with van der Waals surface area (Å²) in [7, 11) is -3.61. The smallest absolute Gasteiger partial charge is 0.254 e. The van der Waals surface area contributed by atoms with Crippen molar-refractivity contribution in [3.05, 3.63) is 65.2 Å². The summed E-state index contributed by atoms with van der Waals surface area (Å²) in [5, 5.41) is 0. The molecule has 1 N–H and O–H groups in total. The molecule has 2 fully saturated rings. The predicted molar refractivity (Wildman–Crippen MR) is 117 cm³/mol. The first-order chi connectivity index (χ1) is 14.9. The molecule has 2 aromatic rings. The van der Waals surface area contributed by atoms with Gasteiger partial charge in [-0.1, -0.05) is 25.1 Å². The number of rotatable bonds is 6. The quantitative estimate of drug-likeness (QED) is 0.745.